The van der Waals surface area contributed by atoms with E-state index >= 15 is 0 Å². The highest BCUT2D eigenvalue weighted by Gasteiger charge is 2.18. The first-order valence-electron chi connectivity index (χ1n) is 9.18. The average molecular weight is 387 g/mol. The van der Waals surface area contributed by atoms with Gasteiger partial charge in [0.15, 0.2) is 0 Å². The van der Waals surface area contributed by atoms with Crippen LogP contribution in [0.3, 0.4) is 0 Å². The van der Waals surface area contributed by atoms with Crippen LogP contribution in [0.25, 0.3) is 27.8 Å². The number of fused-ring (bicyclic) bond motifs is 2. The zero-order valence-corrected chi connectivity index (χ0v) is 16.4. The predicted molar refractivity (Wildman–Crippen MR) is 117 cm³/mol. The van der Waals surface area contributed by atoms with Gasteiger partial charge in [0.1, 0.15) is 17.2 Å². The fourth-order valence-electron chi connectivity index (χ4n) is 3.78. The highest BCUT2D eigenvalue weighted by Crippen LogP contribution is 2.36. The second-order valence-corrected chi connectivity index (χ2v) is 7.57. The maximum atomic E-state index is 6.29. The van der Waals surface area contributed by atoms with E-state index in [1.54, 1.807) is 0 Å². The molecule has 0 saturated carbocycles. The third-order valence-electron chi connectivity index (χ3n) is 4.91. The van der Waals surface area contributed by atoms with Crippen molar-refractivity contribution < 1.29 is 0 Å². The Kier molecular flexibility index (Phi) is 3.88. The topological polar surface area (TPSA) is 45.1 Å². The van der Waals surface area contributed by atoms with E-state index in [4.69, 9.17) is 16.6 Å². The summed E-state index contributed by atoms with van der Waals surface area (Å²) in [6, 6.07) is 18.5. The number of aromatic amines is 1. The third kappa shape index (κ3) is 2.83. The van der Waals surface area contributed by atoms with Crippen LogP contribution in [0.2, 0.25) is 5.02 Å². The van der Waals surface area contributed by atoms with Gasteiger partial charge in [-0.05, 0) is 55.3 Å². The summed E-state index contributed by atoms with van der Waals surface area (Å²) in [5.41, 5.74) is 7.33. The normalized spacial score (nSPS) is 11.4. The second kappa shape index (κ2) is 6.43. The van der Waals surface area contributed by atoms with Crippen LogP contribution in [0.4, 0.5) is 11.5 Å². The first-order chi connectivity index (χ1) is 13.6. The van der Waals surface area contributed by atoms with Gasteiger partial charge in [0.05, 0.1) is 5.02 Å². The SMILES string of the molecule is Cc1cc(C)cc(Nc2c(-c3c[nH]c4ccccc34)nc3ccc(Cl)cn23)c1. The summed E-state index contributed by atoms with van der Waals surface area (Å²) in [7, 11) is 0. The molecule has 0 aliphatic rings. The number of aryl methyl sites for hydroxylation is 2. The van der Waals surface area contributed by atoms with Crippen LogP contribution in [0.15, 0.2) is 67.0 Å². The number of hydrogen-bond donors (Lipinski definition) is 2. The molecule has 0 atom stereocenters. The molecule has 5 aromatic rings. The summed E-state index contributed by atoms with van der Waals surface area (Å²) in [5.74, 6) is 0.896. The first-order valence-corrected chi connectivity index (χ1v) is 9.56. The minimum absolute atomic E-state index is 0.666. The Bertz CT molecular complexity index is 1310. The standard InChI is InChI=1S/C23H19ClN4/c1-14-9-15(2)11-17(10-14)26-23-22(27-21-8-7-16(24)13-28(21)23)19-12-25-20-6-4-3-5-18(19)20/h3-13,25-26H,1-2H3. The lowest BCUT2D eigenvalue weighted by Crippen LogP contribution is -1.98. The maximum absolute atomic E-state index is 6.29. The Balaban J connectivity index is 1.76. The molecule has 0 aliphatic heterocycles. The van der Waals surface area contributed by atoms with Crippen molar-refractivity contribution in [2.24, 2.45) is 0 Å². The Morgan fingerprint density at radius 3 is 2.61 bits per heavy atom. The molecule has 0 aliphatic carbocycles. The third-order valence-corrected chi connectivity index (χ3v) is 5.13. The lowest BCUT2D eigenvalue weighted by atomic mass is 10.1. The van der Waals surface area contributed by atoms with E-state index in [9.17, 15) is 0 Å². The number of nitrogens with zero attached hydrogens (tertiary/aromatic N) is 2. The van der Waals surface area contributed by atoms with E-state index in [2.05, 4.69) is 54.5 Å². The molecule has 0 saturated heterocycles. The maximum Gasteiger partial charge on any atom is 0.143 e. The Morgan fingerprint density at radius 1 is 1.00 bits per heavy atom. The molecular weight excluding hydrogens is 368 g/mol. The molecule has 0 radical (unpaired) electrons. The zero-order valence-electron chi connectivity index (χ0n) is 15.6. The Labute approximate surface area is 167 Å². The summed E-state index contributed by atoms with van der Waals surface area (Å²) >= 11 is 6.29. The molecule has 0 spiro atoms. The average Bonchev–Trinajstić information content (AvgIpc) is 3.22. The van der Waals surface area contributed by atoms with Crippen LogP contribution < -0.4 is 5.32 Å². The van der Waals surface area contributed by atoms with Gasteiger partial charge in [-0.3, -0.25) is 4.40 Å². The summed E-state index contributed by atoms with van der Waals surface area (Å²) in [6.45, 7) is 4.20. The fraction of sp³-hybridized carbons (Fsp3) is 0.0870. The Hall–Kier alpha value is -3.24. The molecule has 0 fully saturated rings. The number of imidazole rings is 1. The number of rotatable bonds is 3. The fourth-order valence-corrected chi connectivity index (χ4v) is 3.94. The number of H-pyrrole nitrogens is 1. The van der Waals surface area contributed by atoms with Crippen molar-refractivity contribution in [2.45, 2.75) is 13.8 Å². The second-order valence-electron chi connectivity index (χ2n) is 7.13. The van der Waals surface area contributed by atoms with E-state index in [0.29, 0.717) is 5.02 Å². The van der Waals surface area contributed by atoms with Crippen molar-refractivity contribution in [3.63, 3.8) is 0 Å². The van der Waals surface area contributed by atoms with Crippen LogP contribution in [0, 0.1) is 13.8 Å². The molecule has 0 bridgehead atoms. The monoisotopic (exact) mass is 386 g/mol. The summed E-state index contributed by atoms with van der Waals surface area (Å²) in [5, 5.41) is 5.39. The lowest BCUT2D eigenvalue weighted by molar-refractivity contribution is 1.18. The van der Waals surface area contributed by atoms with Gasteiger partial charge in [0.2, 0.25) is 0 Å². The van der Waals surface area contributed by atoms with Crippen LogP contribution in [0.1, 0.15) is 11.1 Å². The number of pyridine rings is 1. The minimum atomic E-state index is 0.666. The summed E-state index contributed by atoms with van der Waals surface area (Å²) < 4.78 is 2.01. The van der Waals surface area contributed by atoms with Crippen molar-refractivity contribution in [1.29, 1.82) is 0 Å². The van der Waals surface area contributed by atoms with Gasteiger partial charge in [-0.15, -0.1) is 0 Å². The molecule has 0 amide bonds. The molecule has 3 heterocycles. The molecule has 28 heavy (non-hydrogen) atoms. The molecular formula is C23H19ClN4. The number of nitrogens with one attached hydrogen (secondary N) is 2. The van der Waals surface area contributed by atoms with Crippen LogP contribution >= 0.6 is 11.6 Å². The van der Waals surface area contributed by atoms with Crippen LogP contribution in [0.5, 0.6) is 0 Å². The van der Waals surface area contributed by atoms with E-state index in [1.165, 1.54) is 11.1 Å². The highest BCUT2D eigenvalue weighted by atomic mass is 35.5. The van der Waals surface area contributed by atoms with Gasteiger partial charge in [-0.2, -0.15) is 0 Å². The predicted octanol–water partition coefficient (Wildman–Crippen LogP) is 6.50. The van der Waals surface area contributed by atoms with E-state index in [0.717, 1.165) is 39.3 Å². The number of hydrogen-bond acceptors (Lipinski definition) is 2. The molecule has 138 valence electrons. The smallest absolute Gasteiger partial charge is 0.143 e. The van der Waals surface area contributed by atoms with Crippen molar-refractivity contribution in [3.05, 3.63) is 83.1 Å². The lowest BCUT2D eigenvalue weighted by Gasteiger charge is -2.11. The minimum Gasteiger partial charge on any atom is -0.360 e. The highest BCUT2D eigenvalue weighted by molar-refractivity contribution is 6.30. The molecule has 4 nitrogen and oxygen atoms in total. The van der Waals surface area contributed by atoms with E-state index in [1.807, 2.05) is 41.1 Å². The molecule has 3 aromatic heterocycles. The number of benzene rings is 2. The molecule has 5 rings (SSSR count). The van der Waals surface area contributed by atoms with E-state index in [-0.39, 0.29) is 0 Å². The zero-order chi connectivity index (χ0) is 19.3. The van der Waals surface area contributed by atoms with Gasteiger partial charge < -0.3 is 10.3 Å². The number of anilines is 2. The van der Waals surface area contributed by atoms with Crippen LogP contribution in [-0.2, 0) is 0 Å². The summed E-state index contributed by atoms with van der Waals surface area (Å²) in [6.07, 6.45) is 3.91. The molecule has 5 heteroatoms. The van der Waals surface area contributed by atoms with Gasteiger partial charge in [0.25, 0.3) is 0 Å². The van der Waals surface area contributed by atoms with Gasteiger partial charge in [-0.25, -0.2) is 4.98 Å². The quantitative estimate of drug-likeness (QED) is 0.372. The molecule has 2 N–H and O–H groups in total. The van der Waals surface area contributed by atoms with Crippen molar-refractivity contribution >= 4 is 39.7 Å². The van der Waals surface area contributed by atoms with Gasteiger partial charge >= 0.3 is 0 Å². The van der Waals surface area contributed by atoms with Gasteiger partial charge in [0, 0.05) is 34.5 Å². The number of para-hydroxylation sites is 1. The Morgan fingerprint density at radius 2 is 1.79 bits per heavy atom. The number of halogens is 1. The number of aromatic nitrogens is 3. The van der Waals surface area contributed by atoms with Crippen LogP contribution in [-0.4, -0.2) is 14.4 Å². The summed E-state index contributed by atoms with van der Waals surface area (Å²) in [4.78, 5) is 8.26. The van der Waals surface area contributed by atoms with Crippen molar-refractivity contribution in [1.82, 2.24) is 14.4 Å². The molecule has 0 unspecified atom stereocenters. The molecule has 2 aromatic carbocycles. The van der Waals surface area contributed by atoms with Crippen molar-refractivity contribution in [3.8, 4) is 11.3 Å². The van der Waals surface area contributed by atoms with Crippen molar-refractivity contribution in [2.75, 3.05) is 5.32 Å². The van der Waals surface area contributed by atoms with E-state index < -0.39 is 0 Å². The largest absolute Gasteiger partial charge is 0.360 e. The van der Waals surface area contributed by atoms with Gasteiger partial charge in [-0.1, -0.05) is 35.9 Å². The first kappa shape index (κ1) is 16.9.